The van der Waals surface area contributed by atoms with Gasteiger partial charge < -0.3 is 9.67 Å². The maximum Gasteiger partial charge on any atom is 0.300 e. The van der Waals surface area contributed by atoms with E-state index in [1.54, 1.807) is 6.92 Å². The summed E-state index contributed by atoms with van der Waals surface area (Å²) in [6.45, 7) is 1.74. The highest BCUT2D eigenvalue weighted by molar-refractivity contribution is 7.86. The highest BCUT2D eigenvalue weighted by Gasteiger charge is 2.25. The van der Waals surface area contributed by atoms with Crippen molar-refractivity contribution in [3.63, 3.8) is 0 Å². The molecule has 11 heteroatoms. The quantitative estimate of drug-likeness (QED) is 0.662. The smallest absolute Gasteiger partial charge is 0.300 e. The Morgan fingerprint density at radius 2 is 1.62 bits per heavy atom. The zero-order chi connectivity index (χ0) is 18.3. The Kier molecular flexibility index (Phi) is 4.55. The number of hydrogen-bond donors (Lipinski definition) is 3. The van der Waals surface area contributed by atoms with Gasteiger partial charge in [-0.15, -0.1) is 0 Å². The minimum atomic E-state index is -4.91. The number of hydrogen-bond acceptors (Lipinski definition) is 6. The molecule has 0 atom stereocenters. The zero-order valence-electron chi connectivity index (χ0n) is 12.2. The molecule has 2 rings (SSSR count). The molecule has 0 fully saturated rings. The van der Waals surface area contributed by atoms with Crippen LogP contribution in [0.2, 0.25) is 0 Å². The number of pyridine rings is 1. The molecular weight excluding hydrogens is 362 g/mol. The lowest BCUT2D eigenvalue weighted by molar-refractivity contribution is 0.467. The van der Waals surface area contributed by atoms with Gasteiger partial charge >= 0.3 is 10.1 Å². The highest BCUT2D eigenvalue weighted by atomic mass is 32.2. The monoisotopic (exact) mass is 375 g/mol. The summed E-state index contributed by atoms with van der Waals surface area (Å²) in [5.41, 5.74) is -1.49. The molecule has 1 aromatic carbocycles. The van der Waals surface area contributed by atoms with Crippen molar-refractivity contribution in [1.29, 1.82) is 0 Å². The van der Waals surface area contributed by atoms with E-state index in [0.29, 0.717) is 6.07 Å². The van der Waals surface area contributed by atoms with Gasteiger partial charge in [0.1, 0.15) is 5.75 Å². The summed E-state index contributed by atoms with van der Waals surface area (Å²) in [6.07, 6.45) is 1.27. The molecule has 1 aromatic heterocycles. The van der Waals surface area contributed by atoms with E-state index in [2.05, 4.69) is 0 Å². The first-order valence-corrected chi connectivity index (χ1v) is 9.36. The Morgan fingerprint density at radius 3 is 2.08 bits per heavy atom. The first kappa shape index (κ1) is 18.1. The molecule has 0 radical (unpaired) electrons. The molecule has 0 aliphatic rings. The van der Waals surface area contributed by atoms with E-state index in [1.165, 1.54) is 12.3 Å². The van der Waals surface area contributed by atoms with Crippen molar-refractivity contribution in [2.75, 3.05) is 0 Å². The summed E-state index contributed by atoms with van der Waals surface area (Å²) in [4.78, 5) is 10.6. The van der Waals surface area contributed by atoms with Crippen LogP contribution in [0, 0.1) is 0 Å². The fourth-order valence-electron chi connectivity index (χ4n) is 2.16. The van der Waals surface area contributed by atoms with Crippen LogP contribution in [0.25, 0.3) is 11.1 Å². The average Bonchev–Trinajstić information content (AvgIpc) is 2.44. The van der Waals surface area contributed by atoms with Gasteiger partial charge in [0.15, 0.2) is 4.90 Å². The third-order valence-corrected chi connectivity index (χ3v) is 5.04. The second kappa shape index (κ2) is 6.02. The maximum absolute atomic E-state index is 12.2. The number of phenols is 1. The predicted molar refractivity (Wildman–Crippen MR) is 83.1 cm³/mol. The molecular formula is C13H13NO8S2. The molecule has 0 aliphatic carbocycles. The van der Waals surface area contributed by atoms with Crippen molar-refractivity contribution in [3.05, 3.63) is 40.8 Å². The highest BCUT2D eigenvalue weighted by Crippen LogP contribution is 2.33. The van der Waals surface area contributed by atoms with E-state index in [0.717, 1.165) is 16.7 Å². The van der Waals surface area contributed by atoms with E-state index in [1.807, 2.05) is 0 Å². The van der Waals surface area contributed by atoms with Gasteiger partial charge in [0.25, 0.3) is 15.7 Å². The second-order valence-corrected chi connectivity index (χ2v) is 7.56. The summed E-state index contributed by atoms with van der Waals surface area (Å²) in [6, 6.07) is 3.82. The number of aromatic nitrogens is 1. The van der Waals surface area contributed by atoms with E-state index >= 15 is 0 Å². The van der Waals surface area contributed by atoms with Gasteiger partial charge in [0.2, 0.25) is 0 Å². The van der Waals surface area contributed by atoms with E-state index in [4.69, 9.17) is 4.55 Å². The molecule has 130 valence electrons. The standard InChI is InChI=1S/C13H13NO8S2/c1-2-14-6-5-10(12(13(14)16)24(20,21)22)9-4-3-8(7-11(9)15)23(17,18)19/h3-7,15H,2H2,1H3,(H,17,18,19)(H,20,21,22). The van der Waals surface area contributed by atoms with Gasteiger partial charge in [-0.25, -0.2) is 0 Å². The van der Waals surface area contributed by atoms with Crippen LogP contribution >= 0.6 is 0 Å². The molecule has 0 unspecified atom stereocenters. The van der Waals surface area contributed by atoms with Crippen molar-refractivity contribution >= 4 is 20.2 Å². The van der Waals surface area contributed by atoms with Crippen LogP contribution in [-0.4, -0.2) is 35.6 Å². The van der Waals surface area contributed by atoms with Gasteiger partial charge in [-0.05, 0) is 25.1 Å². The van der Waals surface area contributed by atoms with Crippen molar-refractivity contribution in [2.45, 2.75) is 23.3 Å². The predicted octanol–water partition coefficient (Wildman–Crippen LogP) is 0.734. The van der Waals surface area contributed by atoms with Crippen LogP contribution in [-0.2, 0) is 26.8 Å². The lowest BCUT2D eigenvalue weighted by Gasteiger charge is -2.12. The Morgan fingerprint density at radius 1 is 1.00 bits per heavy atom. The molecule has 9 nitrogen and oxygen atoms in total. The van der Waals surface area contributed by atoms with Crippen molar-refractivity contribution in [1.82, 2.24) is 4.57 Å². The molecule has 3 N–H and O–H groups in total. The summed E-state index contributed by atoms with van der Waals surface area (Å²) < 4.78 is 64.6. The summed E-state index contributed by atoms with van der Waals surface area (Å²) in [7, 11) is -9.49. The normalized spacial score (nSPS) is 12.3. The first-order chi connectivity index (χ1) is 11.0. The largest absolute Gasteiger partial charge is 0.507 e. The fraction of sp³-hybridized carbons (Fsp3) is 0.154. The van der Waals surface area contributed by atoms with Crippen molar-refractivity contribution in [2.24, 2.45) is 0 Å². The molecule has 24 heavy (non-hydrogen) atoms. The van der Waals surface area contributed by atoms with E-state index < -0.39 is 41.3 Å². The lowest BCUT2D eigenvalue weighted by atomic mass is 10.1. The van der Waals surface area contributed by atoms with Gasteiger partial charge in [-0.3, -0.25) is 13.9 Å². The molecule has 0 spiro atoms. The SMILES string of the molecule is CCn1ccc(-c2ccc(S(=O)(=O)O)cc2O)c(S(=O)(=O)O)c1=O. The Labute approximate surface area is 137 Å². The Bertz CT molecular complexity index is 1070. The summed E-state index contributed by atoms with van der Waals surface area (Å²) in [5, 5.41) is 9.95. The van der Waals surface area contributed by atoms with E-state index in [-0.39, 0.29) is 17.7 Å². The van der Waals surface area contributed by atoms with Crippen LogP contribution < -0.4 is 5.56 Å². The number of aryl methyl sites for hydroxylation is 1. The van der Waals surface area contributed by atoms with Crippen LogP contribution in [0.5, 0.6) is 5.75 Å². The topological polar surface area (TPSA) is 151 Å². The molecule has 0 amide bonds. The molecule has 0 bridgehead atoms. The zero-order valence-corrected chi connectivity index (χ0v) is 13.9. The van der Waals surface area contributed by atoms with Crippen LogP contribution in [0.3, 0.4) is 0 Å². The van der Waals surface area contributed by atoms with Crippen molar-refractivity contribution in [3.8, 4) is 16.9 Å². The molecule has 2 aromatic rings. The van der Waals surface area contributed by atoms with Gasteiger partial charge in [0.05, 0.1) is 4.90 Å². The van der Waals surface area contributed by atoms with Crippen LogP contribution in [0.1, 0.15) is 6.92 Å². The summed E-state index contributed by atoms with van der Waals surface area (Å²) in [5.74, 6) is -0.691. The minimum Gasteiger partial charge on any atom is -0.507 e. The molecule has 0 saturated heterocycles. The number of aromatic hydroxyl groups is 1. The van der Waals surface area contributed by atoms with Crippen LogP contribution in [0.4, 0.5) is 0 Å². The minimum absolute atomic E-state index is 0.148. The van der Waals surface area contributed by atoms with E-state index in [9.17, 15) is 31.3 Å². The van der Waals surface area contributed by atoms with Gasteiger partial charge in [0, 0.05) is 29.9 Å². The first-order valence-electron chi connectivity index (χ1n) is 6.48. The number of phenolic OH excluding ortho intramolecular Hbond substituents is 1. The molecule has 1 heterocycles. The second-order valence-electron chi connectivity index (χ2n) is 4.78. The molecule has 0 aliphatic heterocycles. The van der Waals surface area contributed by atoms with Gasteiger partial charge in [-0.2, -0.15) is 16.8 Å². The van der Waals surface area contributed by atoms with Crippen molar-refractivity contribution < 1.29 is 31.0 Å². The number of nitrogens with zero attached hydrogens (tertiary/aromatic N) is 1. The number of rotatable bonds is 4. The Hall–Kier alpha value is -2.21. The van der Waals surface area contributed by atoms with Gasteiger partial charge in [-0.1, -0.05) is 0 Å². The lowest BCUT2D eigenvalue weighted by Crippen LogP contribution is -2.25. The maximum atomic E-state index is 12.2. The fourth-order valence-corrected chi connectivity index (χ4v) is 3.46. The van der Waals surface area contributed by atoms with Crippen LogP contribution in [0.15, 0.2) is 45.0 Å². The number of benzene rings is 1. The third kappa shape index (κ3) is 3.33. The third-order valence-electron chi connectivity index (χ3n) is 3.28. The summed E-state index contributed by atoms with van der Waals surface area (Å²) >= 11 is 0. The Balaban J connectivity index is 2.84. The molecule has 0 saturated carbocycles. The average molecular weight is 375 g/mol.